The van der Waals surface area contributed by atoms with Gasteiger partial charge in [-0.2, -0.15) is 0 Å². The van der Waals surface area contributed by atoms with Gasteiger partial charge in [-0.05, 0) is 53.8 Å². The second kappa shape index (κ2) is 6.02. The van der Waals surface area contributed by atoms with Gasteiger partial charge in [0.05, 0.1) is 0 Å². The molecule has 1 unspecified atom stereocenters. The molecule has 1 aliphatic rings. The first-order valence-electron chi connectivity index (χ1n) is 7.20. The molecule has 20 heavy (non-hydrogen) atoms. The molecule has 1 atom stereocenters. The van der Waals surface area contributed by atoms with E-state index in [1.165, 1.54) is 29.7 Å². The Bertz CT molecular complexity index is 555. The Kier molecular flexibility index (Phi) is 4.13. The van der Waals surface area contributed by atoms with Gasteiger partial charge in [-0.1, -0.05) is 42.8 Å². The van der Waals surface area contributed by atoms with Gasteiger partial charge in [-0.25, -0.2) is 0 Å². The first-order valence-corrected chi connectivity index (χ1v) is 8.42. The van der Waals surface area contributed by atoms with Crippen molar-refractivity contribution in [1.82, 2.24) is 0 Å². The van der Waals surface area contributed by atoms with Crippen molar-refractivity contribution in [1.29, 1.82) is 0 Å². The van der Waals surface area contributed by atoms with Crippen molar-refractivity contribution in [3.05, 3.63) is 65.2 Å². The third-order valence-corrected chi connectivity index (χ3v) is 5.00. The number of rotatable bonds is 4. The average molecular weight is 284 g/mol. The van der Waals surface area contributed by atoms with Gasteiger partial charge in [0.15, 0.2) is 0 Å². The van der Waals surface area contributed by atoms with Crippen LogP contribution in [0.3, 0.4) is 0 Å². The molecule has 0 bridgehead atoms. The number of thioether (sulfide) groups is 1. The van der Waals surface area contributed by atoms with Gasteiger partial charge in [-0.3, -0.25) is 0 Å². The Morgan fingerprint density at radius 2 is 1.50 bits per heavy atom. The van der Waals surface area contributed by atoms with Crippen molar-refractivity contribution in [3.8, 4) is 0 Å². The minimum Gasteiger partial charge on any atom is -0.384 e. The van der Waals surface area contributed by atoms with Crippen LogP contribution in [0.2, 0.25) is 0 Å². The molecule has 1 N–H and O–H groups in total. The molecule has 0 heterocycles. The Morgan fingerprint density at radius 3 is 1.95 bits per heavy atom. The van der Waals surface area contributed by atoms with Crippen molar-refractivity contribution < 1.29 is 5.11 Å². The van der Waals surface area contributed by atoms with Gasteiger partial charge in [-0.15, -0.1) is 11.8 Å². The molecule has 2 aromatic rings. The Balaban J connectivity index is 1.76. The van der Waals surface area contributed by atoms with Crippen LogP contribution in [0.1, 0.15) is 48.0 Å². The highest BCUT2D eigenvalue weighted by Crippen LogP contribution is 2.36. The van der Waals surface area contributed by atoms with Crippen LogP contribution in [-0.4, -0.2) is 11.4 Å². The smallest absolute Gasteiger partial charge is 0.104 e. The second-order valence-electron chi connectivity index (χ2n) is 5.47. The second-order valence-corrected chi connectivity index (χ2v) is 6.35. The van der Waals surface area contributed by atoms with Crippen molar-refractivity contribution >= 4 is 11.8 Å². The summed E-state index contributed by atoms with van der Waals surface area (Å²) in [6.07, 6.45) is 5.53. The number of hydrogen-bond donors (Lipinski definition) is 1. The maximum absolute atomic E-state index is 10.4. The van der Waals surface area contributed by atoms with Gasteiger partial charge < -0.3 is 5.11 Å². The van der Waals surface area contributed by atoms with Gasteiger partial charge in [0.2, 0.25) is 0 Å². The van der Waals surface area contributed by atoms with Gasteiger partial charge >= 0.3 is 0 Å². The van der Waals surface area contributed by atoms with E-state index < -0.39 is 6.10 Å². The molecule has 1 saturated carbocycles. The Labute approximate surface area is 125 Å². The molecule has 1 fully saturated rings. The third kappa shape index (κ3) is 2.77. The molecule has 2 heteroatoms. The monoisotopic (exact) mass is 284 g/mol. The highest BCUT2D eigenvalue weighted by atomic mass is 32.2. The van der Waals surface area contributed by atoms with Crippen LogP contribution in [-0.2, 0) is 0 Å². The minimum absolute atomic E-state index is 0.527. The van der Waals surface area contributed by atoms with Crippen LogP contribution >= 0.6 is 11.8 Å². The van der Waals surface area contributed by atoms with Crippen LogP contribution in [0, 0.1) is 0 Å². The molecule has 2 aromatic carbocycles. The number of hydrogen-bond acceptors (Lipinski definition) is 2. The molecule has 0 saturated heterocycles. The van der Waals surface area contributed by atoms with Crippen molar-refractivity contribution in [2.45, 2.75) is 36.2 Å². The molecular formula is C18H20OS. The topological polar surface area (TPSA) is 20.2 Å². The Morgan fingerprint density at radius 1 is 0.950 bits per heavy atom. The van der Waals surface area contributed by atoms with Crippen molar-refractivity contribution in [2.75, 3.05) is 6.26 Å². The van der Waals surface area contributed by atoms with Crippen LogP contribution in [0.5, 0.6) is 0 Å². The number of aliphatic hydroxyl groups excluding tert-OH is 1. The first kappa shape index (κ1) is 13.7. The molecule has 1 nitrogen and oxygen atoms in total. The summed E-state index contributed by atoms with van der Waals surface area (Å²) in [6, 6.07) is 16.6. The zero-order valence-corrected chi connectivity index (χ0v) is 12.6. The molecular weight excluding hydrogens is 264 g/mol. The maximum atomic E-state index is 10.4. The molecule has 1 aliphatic carbocycles. The fourth-order valence-electron chi connectivity index (χ4n) is 2.67. The lowest BCUT2D eigenvalue weighted by molar-refractivity contribution is 0.220. The fraction of sp³-hybridized carbons (Fsp3) is 0.333. The summed E-state index contributed by atoms with van der Waals surface area (Å²) in [4.78, 5) is 1.22. The molecule has 0 aliphatic heterocycles. The largest absolute Gasteiger partial charge is 0.384 e. The molecule has 0 spiro atoms. The highest BCUT2D eigenvalue weighted by Gasteiger charge is 2.19. The molecule has 0 amide bonds. The Hall–Kier alpha value is -1.25. The van der Waals surface area contributed by atoms with E-state index in [9.17, 15) is 5.11 Å². The lowest BCUT2D eigenvalue weighted by atomic mass is 9.80. The van der Waals surface area contributed by atoms with Gasteiger partial charge in [0, 0.05) is 4.90 Å². The summed E-state index contributed by atoms with van der Waals surface area (Å²) in [7, 11) is 0. The van der Waals surface area contributed by atoms with E-state index in [0.717, 1.165) is 17.0 Å². The zero-order chi connectivity index (χ0) is 13.9. The fourth-order valence-corrected chi connectivity index (χ4v) is 3.08. The van der Waals surface area contributed by atoms with Crippen LogP contribution in [0.4, 0.5) is 0 Å². The predicted molar refractivity (Wildman–Crippen MR) is 85.3 cm³/mol. The quantitative estimate of drug-likeness (QED) is 0.817. The van der Waals surface area contributed by atoms with Crippen LogP contribution < -0.4 is 0 Å². The molecule has 3 rings (SSSR count). The minimum atomic E-state index is -0.527. The summed E-state index contributed by atoms with van der Waals surface area (Å²) in [5, 5.41) is 10.4. The summed E-state index contributed by atoms with van der Waals surface area (Å²) in [5.41, 5.74) is 3.36. The van der Waals surface area contributed by atoms with E-state index in [4.69, 9.17) is 0 Å². The van der Waals surface area contributed by atoms with E-state index in [-0.39, 0.29) is 0 Å². The van der Waals surface area contributed by atoms with Crippen LogP contribution in [0.15, 0.2) is 53.4 Å². The number of benzene rings is 2. The summed E-state index contributed by atoms with van der Waals surface area (Å²) in [6.45, 7) is 0. The number of aliphatic hydroxyl groups is 1. The first-order chi connectivity index (χ1) is 9.78. The summed E-state index contributed by atoms with van der Waals surface area (Å²) >= 11 is 1.72. The SMILES string of the molecule is CSc1ccc(C(O)c2ccc(C3CCC3)cc2)cc1. The van der Waals surface area contributed by atoms with Gasteiger partial charge in [0.1, 0.15) is 6.10 Å². The average Bonchev–Trinajstić information content (AvgIpc) is 2.46. The van der Waals surface area contributed by atoms with E-state index in [0.29, 0.717) is 0 Å². The van der Waals surface area contributed by atoms with E-state index in [2.05, 4.69) is 42.7 Å². The normalized spacial score (nSPS) is 16.7. The van der Waals surface area contributed by atoms with E-state index in [1.807, 2.05) is 12.1 Å². The van der Waals surface area contributed by atoms with Crippen LogP contribution in [0.25, 0.3) is 0 Å². The molecule has 0 aromatic heterocycles. The third-order valence-electron chi connectivity index (χ3n) is 4.26. The maximum Gasteiger partial charge on any atom is 0.104 e. The summed E-state index contributed by atoms with van der Waals surface area (Å²) < 4.78 is 0. The molecule has 104 valence electrons. The highest BCUT2D eigenvalue weighted by molar-refractivity contribution is 7.98. The zero-order valence-electron chi connectivity index (χ0n) is 11.8. The molecule has 0 radical (unpaired) electrons. The van der Waals surface area contributed by atoms with Crippen molar-refractivity contribution in [2.24, 2.45) is 0 Å². The van der Waals surface area contributed by atoms with E-state index in [1.54, 1.807) is 11.8 Å². The van der Waals surface area contributed by atoms with Crippen molar-refractivity contribution in [3.63, 3.8) is 0 Å². The van der Waals surface area contributed by atoms with Gasteiger partial charge in [0.25, 0.3) is 0 Å². The predicted octanol–water partition coefficient (Wildman–Crippen LogP) is 4.76. The van der Waals surface area contributed by atoms with E-state index >= 15 is 0 Å². The lowest BCUT2D eigenvalue weighted by Crippen LogP contribution is -2.08. The summed E-state index contributed by atoms with van der Waals surface area (Å²) in [5.74, 6) is 0.752. The standard InChI is InChI=1S/C18H20OS/c1-20-17-11-9-16(10-12-17)18(19)15-7-5-14(6-8-15)13-3-2-4-13/h5-13,18-19H,2-4H2,1H3. The lowest BCUT2D eigenvalue weighted by Gasteiger charge is -2.26.